The second-order valence-electron chi connectivity index (χ2n) is 14.9. The number of carbonyl (C=O) groups is 1. The number of anilines is 1. The van der Waals surface area contributed by atoms with Crippen molar-refractivity contribution >= 4 is 25.4 Å². The van der Waals surface area contributed by atoms with E-state index in [0.717, 1.165) is 66.0 Å². The molecule has 1 heterocycles. The summed E-state index contributed by atoms with van der Waals surface area (Å²) < 4.78 is 5.61. The van der Waals surface area contributed by atoms with Gasteiger partial charge in [0.15, 0.2) is 0 Å². The third kappa shape index (κ3) is 6.09. The zero-order valence-corrected chi connectivity index (χ0v) is 27.6. The summed E-state index contributed by atoms with van der Waals surface area (Å²) >= 11 is 0. The number of hydrogen-bond acceptors (Lipinski definition) is 3. The summed E-state index contributed by atoms with van der Waals surface area (Å²) in [5.74, 6) is 6.32. The Morgan fingerprint density at radius 1 is 1.09 bits per heavy atom. The molecule has 0 spiro atoms. The SMILES string of the molecule is [C-]#[N+]c1cc([C@H]2c3ccc(OC)cc3C[C@H](CCCC)N2C(=O)C#C[Si](C)(C)C)ccc1NC12CC3CC(CC(C3)C1)C2. The van der Waals surface area contributed by atoms with Crippen molar-refractivity contribution in [2.24, 2.45) is 17.8 Å². The molecule has 2 aromatic carbocycles. The van der Waals surface area contributed by atoms with Crippen LogP contribution in [0.15, 0.2) is 36.4 Å². The summed E-state index contributed by atoms with van der Waals surface area (Å²) in [4.78, 5) is 20.2. The lowest BCUT2D eigenvalue weighted by Crippen LogP contribution is -2.54. The molecule has 0 unspecified atom stereocenters. The van der Waals surface area contributed by atoms with Crippen LogP contribution in [0.4, 0.5) is 11.4 Å². The second-order valence-corrected chi connectivity index (χ2v) is 19.6. The summed E-state index contributed by atoms with van der Waals surface area (Å²) in [7, 11) is -0.0419. The van der Waals surface area contributed by atoms with Crippen molar-refractivity contribution in [1.29, 1.82) is 0 Å². The van der Waals surface area contributed by atoms with Gasteiger partial charge >= 0.3 is 0 Å². The van der Waals surface area contributed by atoms with Gasteiger partial charge in [0, 0.05) is 17.3 Å². The number of ether oxygens (including phenoxy) is 1. The molecule has 4 fully saturated rings. The molecule has 4 bridgehead atoms. The molecule has 1 aliphatic heterocycles. The van der Waals surface area contributed by atoms with Gasteiger partial charge in [0.2, 0.25) is 5.69 Å². The van der Waals surface area contributed by atoms with Crippen LogP contribution < -0.4 is 10.1 Å². The van der Waals surface area contributed by atoms with Gasteiger partial charge in [-0.15, -0.1) is 5.54 Å². The van der Waals surface area contributed by atoms with E-state index in [1.807, 2.05) is 17.0 Å². The van der Waals surface area contributed by atoms with Gasteiger partial charge < -0.3 is 15.0 Å². The van der Waals surface area contributed by atoms with E-state index in [-0.39, 0.29) is 23.5 Å². The monoisotopic (exact) mass is 593 g/mol. The van der Waals surface area contributed by atoms with Gasteiger partial charge in [-0.05, 0) is 116 Å². The minimum absolute atomic E-state index is 0.0363. The minimum Gasteiger partial charge on any atom is -0.497 e. The van der Waals surface area contributed by atoms with Gasteiger partial charge in [-0.25, -0.2) is 4.85 Å². The van der Waals surface area contributed by atoms with Crippen LogP contribution in [-0.2, 0) is 11.2 Å². The van der Waals surface area contributed by atoms with Crippen LogP contribution in [0.1, 0.15) is 87.4 Å². The molecule has 1 N–H and O–H groups in total. The van der Waals surface area contributed by atoms with E-state index in [2.05, 4.69) is 72.5 Å². The Hall–Kier alpha value is -3.22. The van der Waals surface area contributed by atoms with E-state index >= 15 is 0 Å². The molecule has 5 aliphatic rings. The van der Waals surface area contributed by atoms with E-state index in [1.165, 1.54) is 44.1 Å². The number of fused-ring (bicyclic) bond motifs is 1. The van der Waals surface area contributed by atoms with Crippen molar-refractivity contribution in [3.05, 3.63) is 64.5 Å². The maximum Gasteiger partial charge on any atom is 0.298 e. The first-order chi connectivity index (χ1) is 20.6. The minimum atomic E-state index is -1.75. The quantitative estimate of drug-likeness (QED) is 0.199. The number of amides is 1. The molecule has 0 aromatic heterocycles. The summed E-state index contributed by atoms with van der Waals surface area (Å²) in [6, 6.07) is 12.3. The highest BCUT2D eigenvalue weighted by Gasteiger charge is 2.51. The average molecular weight is 594 g/mol. The van der Waals surface area contributed by atoms with Crippen LogP contribution in [0.3, 0.4) is 0 Å². The summed E-state index contributed by atoms with van der Waals surface area (Å²) in [6.45, 7) is 16.9. The lowest BCUT2D eigenvalue weighted by molar-refractivity contribution is -0.130. The third-order valence-corrected chi connectivity index (χ3v) is 11.2. The number of unbranched alkanes of at least 4 members (excludes halogenated alkanes) is 1. The predicted molar refractivity (Wildman–Crippen MR) is 177 cm³/mol. The second kappa shape index (κ2) is 11.7. The number of nitrogens with one attached hydrogen (secondary N) is 1. The Balaban J connectivity index is 1.41. The summed E-state index contributed by atoms with van der Waals surface area (Å²) in [5.41, 5.74) is 8.37. The number of benzene rings is 2. The van der Waals surface area contributed by atoms with Crippen LogP contribution in [-0.4, -0.2) is 37.6 Å². The highest BCUT2D eigenvalue weighted by atomic mass is 28.3. The largest absolute Gasteiger partial charge is 0.497 e. The van der Waals surface area contributed by atoms with Gasteiger partial charge in [0.05, 0.1) is 19.7 Å². The Morgan fingerprint density at radius 2 is 1.79 bits per heavy atom. The Kier molecular flexibility index (Phi) is 8.12. The van der Waals surface area contributed by atoms with Crippen molar-refractivity contribution in [1.82, 2.24) is 4.90 Å². The fourth-order valence-corrected chi connectivity index (χ4v) is 9.42. The molecular weight excluding hydrogens is 547 g/mol. The molecule has 7 rings (SSSR count). The van der Waals surface area contributed by atoms with Crippen molar-refractivity contribution < 1.29 is 9.53 Å². The third-order valence-electron chi connectivity index (χ3n) is 10.3. The first-order valence-electron chi connectivity index (χ1n) is 16.4. The van der Waals surface area contributed by atoms with Crippen LogP contribution in [0.25, 0.3) is 4.85 Å². The molecular formula is C37H47N3O2Si. The van der Waals surface area contributed by atoms with Gasteiger partial charge in [-0.3, -0.25) is 4.79 Å². The number of methoxy groups -OCH3 is 1. The number of rotatable bonds is 7. The zero-order valence-electron chi connectivity index (χ0n) is 26.6. The van der Waals surface area contributed by atoms with Gasteiger partial charge in [0.25, 0.3) is 5.91 Å². The smallest absolute Gasteiger partial charge is 0.298 e. The first-order valence-corrected chi connectivity index (χ1v) is 19.9. The topological polar surface area (TPSA) is 45.9 Å². The molecule has 6 heteroatoms. The summed E-state index contributed by atoms with van der Waals surface area (Å²) in [5, 5.41) is 3.95. The van der Waals surface area contributed by atoms with Gasteiger partial charge in [-0.1, -0.05) is 51.5 Å². The maximum absolute atomic E-state index is 14.0. The normalized spacial score (nSPS) is 28.8. The van der Waals surface area contributed by atoms with Crippen molar-refractivity contribution in [2.75, 3.05) is 12.4 Å². The van der Waals surface area contributed by atoms with Gasteiger partial charge in [0.1, 0.15) is 13.8 Å². The number of nitrogens with zero attached hydrogens (tertiary/aromatic N) is 2. The number of hydrogen-bond donors (Lipinski definition) is 1. The molecule has 226 valence electrons. The lowest BCUT2D eigenvalue weighted by atomic mass is 9.53. The van der Waals surface area contributed by atoms with Crippen LogP contribution in [0, 0.1) is 35.8 Å². The molecule has 5 nitrogen and oxygen atoms in total. The zero-order chi connectivity index (χ0) is 30.4. The van der Waals surface area contributed by atoms with E-state index in [9.17, 15) is 4.79 Å². The van der Waals surface area contributed by atoms with Crippen LogP contribution in [0.2, 0.25) is 19.6 Å². The molecule has 4 saturated carbocycles. The fourth-order valence-electron chi connectivity index (χ4n) is 8.94. The predicted octanol–water partition coefficient (Wildman–Crippen LogP) is 8.54. The Labute approximate surface area is 259 Å². The molecule has 4 aliphatic carbocycles. The van der Waals surface area contributed by atoms with Crippen molar-refractivity contribution in [2.45, 2.75) is 108 Å². The van der Waals surface area contributed by atoms with E-state index in [1.54, 1.807) is 7.11 Å². The maximum atomic E-state index is 14.0. The summed E-state index contributed by atoms with van der Waals surface area (Å²) in [6.07, 6.45) is 11.7. The average Bonchev–Trinajstić information content (AvgIpc) is 2.96. The molecule has 0 radical (unpaired) electrons. The highest BCUT2D eigenvalue weighted by molar-refractivity contribution is 6.84. The molecule has 2 atom stereocenters. The molecule has 2 aromatic rings. The lowest BCUT2D eigenvalue weighted by Gasteiger charge is -2.57. The highest BCUT2D eigenvalue weighted by Crippen LogP contribution is 2.57. The number of carbonyl (C=O) groups excluding carboxylic acids is 1. The Bertz CT molecular complexity index is 1450. The Morgan fingerprint density at radius 3 is 2.40 bits per heavy atom. The van der Waals surface area contributed by atoms with E-state index in [4.69, 9.17) is 11.3 Å². The van der Waals surface area contributed by atoms with E-state index < -0.39 is 8.07 Å². The van der Waals surface area contributed by atoms with E-state index in [0.29, 0.717) is 5.69 Å². The van der Waals surface area contributed by atoms with Crippen molar-refractivity contribution in [3.8, 4) is 17.2 Å². The molecule has 1 amide bonds. The van der Waals surface area contributed by atoms with Crippen LogP contribution >= 0.6 is 0 Å². The van der Waals surface area contributed by atoms with Crippen molar-refractivity contribution in [3.63, 3.8) is 0 Å². The molecule has 43 heavy (non-hydrogen) atoms. The van der Waals surface area contributed by atoms with Gasteiger partial charge in [-0.2, -0.15) is 0 Å². The van der Waals surface area contributed by atoms with Crippen LogP contribution in [0.5, 0.6) is 5.75 Å². The fraction of sp³-hybridized carbons (Fsp3) is 0.568. The standard InChI is InChI=1S/C37H47N3O2Si/c1-7-8-9-30-19-29-20-31(42-3)11-12-32(29)36(40(30)35(41)14-15-43(4,5)6)28-10-13-33(34(21-28)38-2)39-37-22-25-16-26(23-37)18-27(17-25)24-37/h10-13,20-21,25-27,30,36,39H,7-9,16-19,22-24H2,1,3-6H3/t25?,26?,27?,30-,36-,37?/m0/s1. The molecule has 0 saturated heterocycles. The first kappa shape index (κ1) is 29.8.